The van der Waals surface area contributed by atoms with Crippen molar-refractivity contribution in [3.63, 3.8) is 0 Å². The summed E-state index contributed by atoms with van der Waals surface area (Å²) in [5.74, 6) is 0.716. The van der Waals surface area contributed by atoms with Gasteiger partial charge in [0.15, 0.2) is 0 Å². The van der Waals surface area contributed by atoms with Gasteiger partial charge in [-0.1, -0.05) is 27.7 Å². The molecule has 0 aliphatic heterocycles. The average molecular weight is 259 g/mol. The summed E-state index contributed by atoms with van der Waals surface area (Å²) in [5, 5.41) is 10.1. The molecule has 0 aromatic rings. The van der Waals surface area contributed by atoms with Crippen LogP contribution >= 0.6 is 0 Å². The summed E-state index contributed by atoms with van der Waals surface area (Å²) in [4.78, 5) is 0. The first-order valence-electron chi connectivity index (χ1n) is 7.35. The Morgan fingerprint density at radius 3 is 2.28 bits per heavy atom. The van der Waals surface area contributed by atoms with Crippen LogP contribution in [0.1, 0.15) is 34.1 Å². The van der Waals surface area contributed by atoms with E-state index in [0.29, 0.717) is 12.0 Å². The van der Waals surface area contributed by atoms with Crippen LogP contribution in [0.3, 0.4) is 0 Å². The second-order valence-corrected chi connectivity index (χ2v) is 5.42. The largest absolute Gasteiger partial charge is 0.380 e. The molecule has 0 amide bonds. The lowest BCUT2D eigenvalue weighted by Crippen LogP contribution is -2.32. The van der Waals surface area contributed by atoms with Crippen molar-refractivity contribution in [2.45, 2.75) is 40.2 Å². The summed E-state index contributed by atoms with van der Waals surface area (Å²) in [6.45, 7) is 15.6. The van der Waals surface area contributed by atoms with Gasteiger partial charge >= 0.3 is 0 Å². The van der Waals surface area contributed by atoms with E-state index < -0.39 is 0 Å². The average Bonchev–Trinajstić information content (AvgIpc) is 2.29. The van der Waals surface area contributed by atoms with Gasteiger partial charge in [0.05, 0.1) is 6.61 Å². The molecule has 4 nitrogen and oxygen atoms in total. The van der Waals surface area contributed by atoms with Crippen LogP contribution in [0.15, 0.2) is 0 Å². The molecule has 0 saturated carbocycles. The highest BCUT2D eigenvalue weighted by atomic mass is 16.5. The highest BCUT2D eigenvalue weighted by molar-refractivity contribution is 4.55. The molecule has 0 bridgehead atoms. The fourth-order valence-corrected chi connectivity index (χ4v) is 1.51. The van der Waals surface area contributed by atoms with Gasteiger partial charge in [-0.25, -0.2) is 0 Å². The second-order valence-electron chi connectivity index (χ2n) is 5.42. The van der Waals surface area contributed by atoms with Crippen LogP contribution in [-0.4, -0.2) is 52.0 Å². The monoisotopic (exact) mass is 259 g/mol. The minimum atomic E-state index is 0.577. The van der Waals surface area contributed by atoms with E-state index in [0.717, 1.165) is 52.4 Å². The molecule has 18 heavy (non-hydrogen) atoms. The molecule has 0 atom stereocenters. The van der Waals surface area contributed by atoms with E-state index in [9.17, 15) is 0 Å². The molecule has 0 saturated heterocycles. The molecular weight excluding hydrogens is 226 g/mol. The molecule has 0 spiro atoms. The third-order valence-electron chi connectivity index (χ3n) is 2.47. The van der Waals surface area contributed by atoms with Crippen LogP contribution < -0.4 is 16.0 Å². The van der Waals surface area contributed by atoms with Gasteiger partial charge in [-0.05, 0) is 25.4 Å². The zero-order chi connectivity index (χ0) is 13.6. The van der Waals surface area contributed by atoms with Gasteiger partial charge in [0.25, 0.3) is 0 Å². The van der Waals surface area contributed by atoms with Crippen molar-refractivity contribution in [3.8, 4) is 0 Å². The first kappa shape index (κ1) is 17.8. The standard InChI is InChI=1S/C14H33N3O/c1-13(2)12-16-9-11-18-10-5-6-15-7-8-17-14(3)4/h13-17H,5-12H2,1-4H3. The van der Waals surface area contributed by atoms with E-state index in [1.165, 1.54) is 0 Å². The van der Waals surface area contributed by atoms with Crippen LogP contribution in [0, 0.1) is 5.92 Å². The Morgan fingerprint density at radius 1 is 0.833 bits per heavy atom. The summed E-state index contributed by atoms with van der Waals surface area (Å²) >= 11 is 0. The van der Waals surface area contributed by atoms with Crippen LogP contribution in [0.5, 0.6) is 0 Å². The summed E-state index contributed by atoms with van der Waals surface area (Å²) in [7, 11) is 0. The van der Waals surface area contributed by atoms with Crippen molar-refractivity contribution in [1.29, 1.82) is 0 Å². The smallest absolute Gasteiger partial charge is 0.0590 e. The van der Waals surface area contributed by atoms with Gasteiger partial charge in [-0.2, -0.15) is 0 Å². The van der Waals surface area contributed by atoms with Crippen LogP contribution in [0.25, 0.3) is 0 Å². The lowest BCUT2D eigenvalue weighted by Gasteiger charge is -2.10. The maximum absolute atomic E-state index is 5.54. The normalized spacial score (nSPS) is 11.7. The molecule has 0 aliphatic carbocycles. The minimum absolute atomic E-state index is 0.577. The summed E-state index contributed by atoms with van der Waals surface area (Å²) in [6.07, 6.45) is 1.09. The zero-order valence-electron chi connectivity index (χ0n) is 12.7. The molecule has 0 radical (unpaired) electrons. The van der Waals surface area contributed by atoms with Gasteiger partial charge in [0.2, 0.25) is 0 Å². The third kappa shape index (κ3) is 15.8. The van der Waals surface area contributed by atoms with Crippen molar-refractivity contribution in [2.75, 3.05) is 45.9 Å². The Hall–Kier alpha value is -0.160. The second kappa shape index (κ2) is 13.3. The zero-order valence-corrected chi connectivity index (χ0v) is 12.7. The molecule has 0 rings (SSSR count). The fraction of sp³-hybridized carbons (Fsp3) is 1.00. The molecule has 0 heterocycles. The lowest BCUT2D eigenvalue weighted by atomic mass is 10.2. The van der Waals surface area contributed by atoms with E-state index in [1.54, 1.807) is 0 Å². The molecule has 110 valence electrons. The molecule has 0 aliphatic rings. The SMILES string of the molecule is CC(C)CNCCOCCCNCCNC(C)C. The fourth-order valence-electron chi connectivity index (χ4n) is 1.51. The number of rotatable bonds is 13. The Bertz CT molecular complexity index is 145. The van der Waals surface area contributed by atoms with Gasteiger partial charge in [-0.3, -0.25) is 0 Å². The number of hydrogen-bond donors (Lipinski definition) is 3. The van der Waals surface area contributed by atoms with E-state index in [1.807, 2.05) is 0 Å². The first-order valence-corrected chi connectivity index (χ1v) is 7.35. The van der Waals surface area contributed by atoms with Gasteiger partial charge in [-0.15, -0.1) is 0 Å². The van der Waals surface area contributed by atoms with Crippen LogP contribution in [0.4, 0.5) is 0 Å². The molecule has 3 N–H and O–H groups in total. The molecule has 0 fully saturated rings. The predicted octanol–water partition coefficient (Wildman–Crippen LogP) is 1.23. The van der Waals surface area contributed by atoms with Gasteiger partial charge < -0.3 is 20.7 Å². The Morgan fingerprint density at radius 2 is 1.61 bits per heavy atom. The predicted molar refractivity (Wildman–Crippen MR) is 79.2 cm³/mol. The van der Waals surface area contributed by atoms with Crippen LogP contribution in [0.2, 0.25) is 0 Å². The lowest BCUT2D eigenvalue weighted by molar-refractivity contribution is 0.133. The van der Waals surface area contributed by atoms with Crippen molar-refractivity contribution in [1.82, 2.24) is 16.0 Å². The van der Waals surface area contributed by atoms with Crippen molar-refractivity contribution in [2.24, 2.45) is 5.92 Å². The topological polar surface area (TPSA) is 45.3 Å². The Kier molecular flexibility index (Phi) is 13.2. The highest BCUT2D eigenvalue weighted by Gasteiger charge is 1.94. The Balaban J connectivity index is 2.95. The maximum atomic E-state index is 5.54. The summed E-state index contributed by atoms with van der Waals surface area (Å²) in [5.41, 5.74) is 0. The van der Waals surface area contributed by atoms with E-state index >= 15 is 0 Å². The van der Waals surface area contributed by atoms with Crippen molar-refractivity contribution >= 4 is 0 Å². The van der Waals surface area contributed by atoms with E-state index in [-0.39, 0.29) is 0 Å². The number of hydrogen-bond acceptors (Lipinski definition) is 4. The first-order chi connectivity index (χ1) is 8.63. The molecule has 4 heteroatoms. The van der Waals surface area contributed by atoms with Gasteiger partial charge in [0, 0.05) is 32.3 Å². The van der Waals surface area contributed by atoms with E-state index in [2.05, 4.69) is 43.6 Å². The molecule has 0 aromatic heterocycles. The Labute approximate surface area is 113 Å². The summed E-state index contributed by atoms with van der Waals surface area (Å²) < 4.78 is 5.54. The molecule has 0 aromatic carbocycles. The quantitative estimate of drug-likeness (QED) is 0.435. The third-order valence-corrected chi connectivity index (χ3v) is 2.47. The number of ether oxygens (including phenoxy) is 1. The van der Waals surface area contributed by atoms with Crippen molar-refractivity contribution in [3.05, 3.63) is 0 Å². The highest BCUT2D eigenvalue weighted by Crippen LogP contribution is 1.86. The van der Waals surface area contributed by atoms with E-state index in [4.69, 9.17) is 4.74 Å². The molecular formula is C14H33N3O. The summed E-state index contributed by atoms with van der Waals surface area (Å²) in [6, 6.07) is 0.577. The number of nitrogens with one attached hydrogen (secondary N) is 3. The minimum Gasteiger partial charge on any atom is -0.380 e. The molecule has 0 unspecified atom stereocenters. The van der Waals surface area contributed by atoms with Crippen molar-refractivity contribution < 1.29 is 4.74 Å². The maximum Gasteiger partial charge on any atom is 0.0590 e. The van der Waals surface area contributed by atoms with Gasteiger partial charge in [0.1, 0.15) is 0 Å². The van der Waals surface area contributed by atoms with Crippen LogP contribution in [-0.2, 0) is 4.74 Å².